The minimum absolute atomic E-state index is 0.388. The standard InChI is InChI=1S/C15H25N5/c1-20(2)14-10-6-9-13(11-14)18-15(19-16)17-12-7-4-3-5-8-12/h6,9-12H,3-5,7-8,16H2,1-2H3,(H2,17,18,19). The van der Waals surface area contributed by atoms with Gasteiger partial charge in [-0.3, -0.25) is 5.43 Å². The fraction of sp³-hybridized carbons (Fsp3) is 0.533. The quantitative estimate of drug-likeness (QED) is 0.343. The van der Waals surface area contributed by atoms with Gasteiger partial charge in [0.1, 0.15) is 0 Å². The van der Waals surface area contributed by atoms with Gasteiger partial charge in [0.05, 0.1) is 6.04 Å². The van der Waals surface area contributed by atoms with Gasteiger partial charge in [-0.2, -0.15) is 0 Å². The van der Waals surface area contributed by atoms with Gasteiger partial charge < -0.3 is 10.2 Å². The first kappa shape index (κ1) is 14.7. The predicted molar refractivity (Wildman–Crippen MR) is 86.0 cm³/mol. The number of anilines is 2. The molecule has 0 aliphatic heterocycles. The molecule has 1 aliphatic rings. The van der Waals surface area contributed by atoms with Gasteiger partial charge >= 0.3 is 0 Å². The number of hydrazine groups is 1. The lowest BCUT2D eigenvalue weighted by Gasteiger charge is -2.20. The first-order valence-electron chi connectivity index (χ1n) is 7.28. The third-order valence-corrected chi connectivity index (χ3v) is 3.65. The van der Waals surface area contributed by atoms with Crippen LogP contribution >= 0.6 is 0 Å². The first-order valence-corrected chi connectivity index (χ1v) is 7.28. The predicted octanol–water partition coefficient (Wildman–Crippen LogP) is 2.32. The minimum atomic E-state index is 0.388. The monoisotopic (exact) mass is 275 g/mol. The van der Waals surface area contributed by atoms with Gasteiger partial charge in [-0.05, 0) is 31.0 Å². The Morgan fingerprint density at radius 1 is 1.25 bits per heavy atom. The zero-order valence-corrected chi connectivity index (χ0v) is 12.4. The molecule has 1 aromatic rings. The van der Waals surface area contributed by atoms with Crippen molar-refractivity contribution >= 4 is 17.3 Å². The molecule has 110 valence electrons. The Hall–Kier alpha value is -1.75. The van der Waals surface area contributed by atoms with Gasteiger partial charge in [0.15, 0.2) is 0 Å². The van der Waals surface area contributed by atoms with Crippen LogP contribution in [0.5, 0.6) is 0 Å². The highest BCUT2D eigenvalue weighted by atomic mass is 15.3. The summed E-state index contributed by atoms with van der Waals surface area (Å²) in [5.74, 6) is 6.23. The number of hydrogen-bond acceptors (Lipinski definition) is 3. The number of benzene rings is 1. The van der Waals surface area contributed by atoms with Gasteiger partial charge in [0.25, 0.3) is 0 Å². The van der Waals surface area contributed by atoms with E-state index in [9.17, 15) is 0 Å². The van der Waals surface area contributed by atoms with E-state index < -0.39 is 0 Å². The summed E-state index contributed by atoms with van der Waals surface area (Å²) in [5, 5.41) is 3.26. The topological polar surface area (TPSA) is 65.7 Å². The van der Waals surface area contributed by atoms with E-state index >= 15 is 0 Å². The minimum Gasteiger partial charge on any atom is -0.378 e. The lowest BCUT2D eigenvalue weighted by atomic mass is 9.96. The maximum atomic E-state index is 5.58. The number of nitrogens with two attached hydrogens (primary N) is 1. The van der Waals surface area contributed by atoms with Crippen LogP contribution in [0.4, 0.5) is 11.4 Å². The SMILES string of the molecule is CN(C)c1cccc(NC(=NC2CCCCC2)NN)c1. The van der Waals surface area contributed by atoms with Crippen LogP contribution in [-0.2, 0) is 0 Å². The number of nitrogens with one attached hydrogen (secondary N) is 2. The van der Waals surface area contributed by atoms with Gasteiger partial charge in [-0.1, -0.05) is 25.3 Å². The molecule has 1 aliphatic carbocycles. The zero-order valence-electron chi connectivity index (χ0n) is 12.4. The fourth-order valence-electron chi connectivity index (χ4n) is 2.50. The highest BCUT2D eigenvalue weighted by Crippen LogP contribution is 2.21. The van der Waals surface area contributed by atoms with Crippen molar-refractivity contribution in [3.63, 3.8) is 0 Å². The molecular formula is C15H25N5. The summed E-state index contributed by atoms with van der Waals surface area (Å²) in [4.78, 5) is 6.75. The summed E-state index contributed by atoms with van der Waals surface area (Å²) in [6.45, 7) is 0. The van der Waals surface area contributed by atoms with Gasteiger partial charge in [-0.25, -0.2) is 10.8 Å². The number of rotatable bonds is 3. The molecule has 4 N–H and O–H groups in total. The second-order valence-electron chi connectivity index (χ2n) is 5.48. The van der Waals surface area contributed by atoms with Crippen molar-refractivity contribution in [3.8, 4) is 0 Å². The molecule has 0 heterocycles. The molecule has 5 heteroatoms. The van der Waals surface area contributed by atoms with Crippen molar-refractivity contribution in [1.29, 1.82) is 0 Å². The zero-order chi connectivity index (χ0) is 14.4. The molecular weight excluding hydrogens is 250 g/mol. The Morgan fingerprint density at radius 2 is 2.00 bits per heavy atom. The van der Waals surface area contributed by atoms with E-state index in [1.807, 2.05) is 26.2 Å². The van der Waals surface area contributed by atoms with Crippen LogP contribution in [0, 0.1) is 0 Å². The first-order chi connectivity index (χ1) is 9.69. The molecule has 0 radical (unpaired) electrons. The molecule has 2 rings (SSSR count). The van der Waals surface area contributed by atoms with E-state index in [-0.39, 0.29) is 0 Å². The fourth-order valence-corrected chi connectivity index (χ4v) is 2.50. The average Bonchev–Trinajstić information content (AvgIpc) is 2.48. The lowest BCUT2D eigenvalue weighted by Crippen LogP contribution is -2.37. The number of guanidine groups is 1. The van der Waals surface area contributed by atoms with E-state index in [1.165, 1.54) is 19.3 Å². The Morgan fingerprint density at radius 3 is 2.65 bits per heavy atom. The maximum absolute atomic E-state index is 5.58. The Balaban J connectivity index is 2.05. The molecule has 0 atom stereocenters. The molecule has 0 bridgehead atoms. The molecule has 0 spiro atoms. The summed E-state index contributed by atoms with van der Waals surface area (Å²) in [6, 6.07) is 8.57. The summed E-state index contributed by atoms with van der Waals surface area (Å²) in [7, 11) is 4.05. The Labute approximate surface area is 121 Å². The molecule has 0 saturated heterocycles. The summed E-state index contributed by atoms with van der Waals surface area (Å²) < 4.78 is 0. The molecule has 1 fully saturated rings. The molecule has 5 nitrogen and oxygen atoms in total. The van der Waals surface area contributed by atoms with E-state index in [2.05, 4.69) is 32.8 Å². The van der Waals surface area contributed by atoms with Crippen LogP contribution < -0.4 is 21.5 Å². The second-order valence-corrected chi connectivity index (χ2v) is 5.48. The van der Waals surface area contributed by atoms with Crippen molar-refractivity contribution in [2.75, 3.05) is 24.3 Å². The highest BCUT2D eigenvalue weighted by molar-refractivity contribution is 5.93. The van der Waals surface area contributed by atoms with E-state index in [4.69, 9.17) is 5.84 Å². The van der Waals surface area contributed by atoms with Gasteiger partial charge in [-0.15, -0.1) is 0 Å². The average molecular weight is 275 g/mol. The van der Waals surface area contributed by atoms with Crippen molar-refractivity contribution < 1.29 is 0 Å². The van der Waals surface area contributed by atoms with Crippen molar-refractivity contribution in [2.45, 2.75) is 38.1 Å². The molecule has 0 unspecified atom stereocenters. The molecule has 0 amide bonds. The lowest BCUT2D eigenvalue weighted by molar-refractivity contribution is 0.442. The molecule has 0 aromatic heterocycles. The molecule has 20 heavy (non-hydrogen) atoms. The molecule has 1 aromatic carbocycles. The maximum Gasteiger partial charge on any atom is 0.210 e. The number of aliphatic imine (C=N–C) groups is 1. The third-order valence-electron chi connectivity index (χ3n) is 3.65. The van der Waals surface area contributed by atoms with Gasteiger partial charge in [0.2, 0.25) is 5.96 Å². The van der Waals surface area contributed by atoms with Crippen LogP contribution in [0.15, 0.2) is 29.3 Å². The van der Waals surface area contributed by atoms with Crippen LogP contribution in [0.1, 0.15) is 32.1 Å². The summed E-state index contributed by atoms with van der Waals surface area (Å²) in [6.07, 6.45) is 6.18. The normalized spacial score (nSPS) is 16.9. The van der Waals surface area contributed by atoms with Crippen molar-refractivity contribution in [1.82, 2.24) is 5.43 Å². The number of nitrogens with zero attached hydrogens (tertiary/aromatic N) is 2. The van der Waals surface area contributed by atoms with E-state index in [0.717, 1.165) is 24.2 Å². The second kappa shape index (κ2) is 7.14. The number of hydrogen-bond donors (Lipinski definition) is 3. The van der Waals surface area contributed by atoms with Crippen molar-refractivity contribution in [2.24, 2.45) is 10.8 Å². The van der Waals surface area contributed by atoms with Crippen LogP contribution in [0.2, 0.25) is 0 Å². The largest absolute Gasteiger partial charge is 0.378 e. The Kier molecular flexibility index (Phi) is 5.24. The van der Waals surface area contributed by atoms with Gasteiger partial charge in [0, 0.05) is 25.5 Å². The summed E-state index contributed by atoms with van der Waals surface area (Å²) >= 11 is 0. The van der Waals surface area contributed by atoms with Crippen LogP contribution in [0.3, 0.4) is 0 Å². The smallest absolute Gasteiger partial charge is 0.210 e. The Bertz CT molecular complexity index is 449. The van der Waals surface area contributed by atoms with Crippen molar-refractivity contribution in [3.05, 3.63) is 24.3 Å². The van der Waals surface area contributed by atoms with E-state index in [0.29, 0.717) is 12.0 Å². The molecule has 1 saturated carbocycles. The highest BCUT2D eigenvalue weighted by Gasteiger charge is 2.13. The van der Waals surface area contributed by atoms with Crippen LogP contribution in [0.25, 0.3) is 0 Å². The van der Waals surface area contributed by atoms with Crippen LogP contribution in [-0.4, -0.2) is 26.1 Å². The third kappa shape index (κ3) is 4.13. The van der Waals surface area contributed by atoms with E-state index in [1.54, 1.807) is 0 Å². The summed E-state index contributed by atoms with van der Waals surface area (Å²) in [5.41, 5.74) is 4.80.